The molecule has 0 saturated carbocycles. The zero-order valence-electron chi connectivity index (χ0n) is 34.1. The maximum atomic E-state index is 11.7. The van der Waals surface area contributed by atoms with Crippen molar-refractivity contribution < 1.29 is 34.4 Å². The van der Waals surface area contributed by atoms with Gasteiger partial charge < -0.3 is 9.52 Å². The van der Waals surface area contributed by atoms with Crippen molar-refractivity contribution in [1.82, 2.24) is 4.98 Å². The van der Waals surface area contributed by atoms with Crippen molar-refractivity contribution in [2.24, 2.45) is 17.8 Å². The van der Waals surface area contributed by atoms with Crippen LogP contribution in [-0.2, 0) is 36.7 Å². The number of carbonyl (C=O) groups excluding carboxylic acids is 1. The summed E-state index contributed by atoms with van der Waals surface area (Å²) in [6.07, 6.45) is 6.02. The summed E-state index contributed by atoms with van der Waals surface area (Å²) in [5.74, 6) is 2.05. The van der Waals surface area contributed by atoms with Crippen LogP contribution in [0.25, 0.3) is 54.3 Å². The molecule has 0 unspecified atom stereocenters. The summed E-state index contributed by atoms with van der Waals surface area (Å²) in [6, 6.07) is 25.6. The number of thiophene rings is 1. The van der Waals surface area contributed by atoms with Gasteiger partial charge in [0.1, 0.15) is 11.3 Å². The molecule has 0 atom stereocenters. The van der Waals surface area contributed by atoms with E-state index >= 15 is 0 Å². The minimum atomic E-state index is -0.00161. The Morgan fingerprint density at radius 1 is 0.907 bits per heavy atom. The van der Waals surface area contributed by atoms with Crippen LogP contribution in [0.5, 0.6) is 0 Å². The Labute approximate surface area is 340 Å². The van der Waals surface area contributed by atoms with Crippen LogP contribution in [0.2, 0.25) is 0 Å². The van der Waals surface area contributed by atoms with Gasteiger partial charge in [0.2, 0.25) is 0 Å². The molecule has 0 aliphatic rings. The van der Waals surface area contributed by atoms with E-state index in [0.29, 0.717) is 5.92 Å². The van der Waals surface area contributed by atoms with E-state index in [1.54, 1.807) is 0 Å². The van der Waals surface area contributed by atoms with Gasteiger partial charge in [-0.05, 0) is 79.9 Å². The van der Waals surface area contributed by atoms with E-state index in [1.165, 1.54) is 37.6 Å². The number of allylic oxidation sites excluding steroid dienone is 2. The molecular formula is C48H58IrNO3S-. The molecule has 0 aliphatic heterocycles. The van der Waals surface area contributed by atoms with Crippen molar-refractivity contribution in [1.29, 1.82) is 0 Å². The van der Waals surface area contributed by atoms with Gasteiger partial charge >= 0.3 is 0 Å². The van der Waals surface area contributed by atoms with E-state index in [9.17, 15) is 9.90 Å². The number of nitrogens with zero attached hydrogens (tertiary/aromatic N) is 1. The van der Waals surface area contributed by atoms with Gasteiger partial charge in [-0.15, -0.1) is 40.5 Å². The van der Waals surface area contributed by atoms with Crippen LogP contribution in [0.4, 0.5) is 0 Å². The van der Waals surface area contributed by atoms with Crippen molar-refractivity contribution in [3.05, 3.63) is 100 Å². The normalized spacial score (nSPS) is 12.2. The topological polar surface area (TPSA) is 63.3 Å². The monoisotopic (exact) mass is 921 g/mol. The number of furan rings is 1. The number of aryl methyl sites for hydroxylation is 2. The third kappa shape index (κ3) is 9.62. The number of benzene rings is 3. The number of ketones is 1. The molecule has 289 valence electrons. The third-order valence-electron chi connectivity index (χ3n) is 10.5. The van der Waals surface area contributed by atoms with Crippen LogP contribution in [-0.4, -0.2) is 15.9 Å². The number of aliphatic hydroxyl groups excluding tert-OH is 1. The average Bonchev–Trinajstić information content (AvgIpc) is 3.65. The molecule has 0 saturated heterocycles. The summed E-state index contributed by atoms with van der Waals surface area (Å²) in [5, 5.41) is 13.5. The number of hydrogen-bond acceptors (Lipinski definition) is 5. The van der Waals surface area contributed by atoms with Gasteiger partial charge in [0.15, 0.2) is 11.4 Å². The second-order valence-electron chi connectivity index (χ2n) is 16.0. The van der Waals surface area contributed by atoms with Gasteiger partial charge in [0, 0.05) is 64.9 Å². The number of rotatable bonds is 11. The maximum absolute atomic E-state index is 11.7. The first-order valence-electron chi connectivity index (χ1n) is 19.5. The molecular weight excluding hydrogens is 863 g/mol. The Morgan fingerprint density at radius 2 is 1.57 bits per heavy atom. The molecule has 1 radical (unpaired) electrons. The summed E-state index contributed by atoms with van der Waals surface area (Å²) in [5.41, 5.74) is 8.71. The quantitative estimate of drug-likeness (QED) is 0.0799. The number of aliphatic hydroxyl groups is 1. The smallest absolute Gasteiger partial charge is 0.162 e. The minimum Gasteiger partial charge on any atom is -0.512 e. The summed E-state index contributed by atoms with van der Waals surface area (Å²) >= 11 is 1.89. The van der Waals surface area contributed by atoms with E-state index in [2.05, 4.69) is 102 Å². The second kappa shape index (κ2) is 18.4. The molecule has 3 aromatic heterocycles. The van der Waals surface area contributed by atoms with E-state index in [-0.39, 0.29) is 48.9 Å². The van der Waals surface area contributed by atoms with Crippen molar-refractivity contribution in [2.45, 2.75) is 114 Å². The van der Waals surface area contributed by atoms with E-state index in [4.69, 9.17) is 9.40 Å². The molecule has 6 rings (SSSR count). The fraction of sp³-hybridized carbons (Fsp3) is 0.417. The van der Waals surface area contributed by atoms with Crippen LogP contribution in [0, 0.1) is 37.7 Å². The molecule has 54 heavy (non-hydrogen) atoms. The van der Waals surface area contributed by atoms with Crippen molar-refractivity contribution >= 4 is 49.1 Å². The SMILES string of the molecule is CCC(CC)C(=O)/C=C(\O)C(CC)CC.Cc1cc2nc(-c3[c-]c4ccccc4c(C(C)(C)C)c3)cc(-c3ccc4c(CC(C)C)c(C)sc4c3)c2o1.[Ir]. The van der Waals surface area contributed by atoms with Crippen molar-refractivity contribution in [2.75, 3.05) is 0 Å². The van der Waals surface area contributed by atoms with Crippen molar-refractivity contribution in [3.8, 4) is 22.4 Å². The van der Waals surface area contributed by atoms with Crippen LogP contribution < -0.4 is 0 Å². The Balaban J connectivity index is 0.000000347. The number of carbonyl (C=O) groups is 1. The number of aromatic nitrogens is 1. The standard InChI is InChI=1S/C35H34NOS.C13H24O2.Ir/c1-20(2)14-28-22(4)38-33-18-24(12-13-27(28)33)29-19-31(36-32-15-21(3)37-34(29)32)25-16-23-10-8-9-11-26(23)30(17-25)35(5,6)7;1-5-10(6-2)12(14)9-13(15)11(7-3)8-4;/h8-13,15,17-20H,14H2,1-7H3;9-11,14H,5-8H2,1-4H3;/q-1;;/b;12-9-;. The molecule has 0 spiro atoms. The van der Waals surface area contributed by atoms with E-state index in [0.717, 1.165) is 76.7 Å². The molecule has 0 fully saturated rings. The van der Waals surface area contributed by atoms with Gasteiger partial charge in [-0.2, -0.15) is 0 Å². The van der Waals surface area contributed by atoms with Gasteiger partial charge in [-0.1, -0.05) is 110 Å². The molecule has 6 aromatic rings. The predicted molar refractivity (Wildman–Crippen MR) is 227 cm³/mol. The molecule has 0 bridgehead atoms. The molecule has 3 aromatic carbocycles. The number of fused-ring (bicyclic) bond motifs is 3. The fourth-order valence-corrected chi connectivity index (χ4v) is 8.50. The summed E-state index contributed by atoms with van der Waals surface area (Å²) in [6.45, 7) is 23.7. The van der Waals surface area contributed by atoms with Gasteiger partial charge in [-0.3, -0.25) is 9.78 Å². The molecule has 0 amide bonds. The summed E-state index contributed by atoms with van der Waals surface area (Å²) < 4.78 is 7.55. The average molecular weight is 921 g/mol. The van der Waals surface area contributed by atoms with Crippen LogP contribution in [0.15, 0.2) is 76.9 Å². The minimum absolute atomic E-state index is 0. The van der Waals surface area contributed by atoms with Crippen LogP contribution >= 0.6 is 11.3 Å². The summed E-state index contributed by atoms with van der Waals surface area (Å²) in [4.78, 5) is 18.2. The Kier molecular flexibility index (Phi) is 14.7. The summed E-state index contributed by atoms with van der Waals surface area (Å²) in [7, 11) is 0. The Bertz CT molecular complexity index is 2240. The van der Waals surface area contributed by atoms with Gasteiger partial charge in [-0.25, -0.2) is 0 Å². The van der Waals surface area contributed by atoms with Gasteiger partial charge in [0.05, 0.1) is 5.76 Å². The largest absolute Gasteiger partial charge is 0.512 e. The van der Waals surface area contributed by atoms with E-state index in [1.807, 2.05) is 52.0 Å². The molecule has 4 nitrogen and oxygen atoms in total. The molecule has 0 aliphatic carbocycles. The molecule has 3 heterocycles. The van der Waals surface area contributed by atoms with E-state index < -0.39 is 0 Å². The number of hydrogen-bond donors (Lipinski definition) is 1. The Morgan fingerprint density at radius 3 is 2.20 bits per heavy atom. The zero-order valence-corrected chi connectivity index (χ0v) is 37.3. The third-order valence-corrected chi connectivity index (χ3v) is 11.6. The Hall–Kier alpha value is -3.57. The first kappa shape index (κ1) is 43.2. The molecule has 1 N–H and O–H groups in total. The van der Waals surface area contributed by atoms with Crippen LogP contribution in [0.1, 0.15) is 110 Å². The fourth-order valence-electron chi connectivity index (χ4n) is 7.36. The predicted octanol–water partition coefficient (Wildman–Crippen LogP) is 14.3. The molecule has 6 heteroatoms. The first-order chi connectivity index (χ1) is 25.2. The zero-order chi connectivity index (χ0) is 38.6. The van der Waals surface area contributed by atoms with Crippen LogP contribution in [0.3, 0.4) is 0 Å². The van der Waals surface area contributed by atoms with Crippen molar-refractivity contribution in [3.63, 3.8) is 0 Å². The number of pyridine rings is 1. The maximum Gasteiger partial charge on any atom is 0.162 e. The second-order valence-corrected chi connectivity index (χ2v) is 17.2. The first-order valence-corrected chi connectivity index (χ1v) is 20.3. The van der Waals surface area contributed by atoms with Gasteiger partial charge in [0.25, 0.3) is 0 Å².